The van der Waals surface area contributed by atoms with Crippen LogP contribution in [0.2, 0.25) is 5.02 Å². The summed E-state index contributed by atoms with van der Waals surface area (Å²) in [5.74, 6) is -1.22. The molecule has 35 heavy (non-hydrogen) atoms. The van der Waals surface area contributed by atoms with Gasteiger partial charge in [0.25, 0.3) is 11.7 Å². The van der Waals surface area contributed by atoms with E-state index in [0.29, 0.717) is 33.3 Å². The van der Waals surface area contributed by atoms with Gasteiger partial charge in [0.1, 0.15) is 23.5 Å². The molecule has 5 rings (SSSR count). The number of carbonyl (C=O) groups excluding carboxylic acids is 2. The molecule has 2 heterocycles. The van der Waals surface area contributed by atoms with Gasteiger partial charge in [-0.15, -0.1) is 0 Å². The quantitative estimate of drug-likeness (QED) is 0.223. The summed E-state index contributed by atoms with van der Waals surface area (Å²) in [4.78, 5) is 27.9. The van der Waals surface area contributed by atoms with Gasteiger partial charge in [-0.2, -0.15) is 0 Å². The zero-order chi connectivity index (χ0) is 24.5. The van der Waals surface area contributed by atoms with Crippen molar-refractivity contribution in [2.45, 2.75) is 6.04 Å². The Kier molecular flexibility index (Phi) is 5.84. The van der Waals surface area contributed by atoms with E-state index in [9.17, 15) is 14.7 Å². The number of benzene rings is 3. The molecule has 1 N–H and O–H groups in total. The number of aromatic nitrogens is 1. The maximum absolute atomic E-state index is 13.3. The van der Waals surface area contributed by atoms with Crippen molar-refractivity contribution < 1.29 is 24.0 Å². The first-order chi connectivity index (χ1) is 17.0. The molecule has 8 heteroatoms. The number of carbonyl (C=O) groups is 2. The molecular weight excluding hydrogens is 468 g/mol. The minimum absolute atomic E-state index is 0.0250. The van der Waals surface area contributed by atoms with E-state index in [2.05, 4.69) is 5.16 Å². The van der Waals surface area contributed by atoms with Gasteiger partial charge >= 0.3 is 0 Å². The Bertz CT molecular complexity index is 1430. The van der Waals surface area contributed by atoms with Crippen molar-refractivity contribution in [2.24, 2.45) is 0 Å². The van der Waals surface area contributed by atoms with E-state index in [0.717, 1.165) is 5.56 Å². The Morgan fingerprint density at radius 3 is 2.40 bits per heavy atom. The first kappa shape index (κ1) is 22.4. The van der Waals surface area contributed by atoms with Gasteiger partial charge in [0.15, 0.2) is 0 Å². The third-order valence-electron chi connectivity index (χ3n) is 5.85. The lowest BCUT2D eigenvalue weighted by Gasteiger charge is -2.25. The number of aliphatic hydroxyl groups is 1. The van der Waals surface area contributed by atoms with Crippen molar-refractivity contribution in [1.82, 2.24) is 5.16 Å². The van der Waals surface area contributed by atoms with E-state index >= 15 is 0 Å². The lowest BCUT2D eigenvalue weighted by Crippen LogP contribution is -2.29. The summed E-state index contributed by atoms with van der Waals surface area (Å²) in [5, 5.41) is 15.6. The highest BCUT2D eigenvalue weighted by Gasteiger charge is 2.47. The van der Waals surface area contributed by atoms with E-state index in [-0.39, 0.29) is 11.3 Å². The molecule has 0 spiro atoms. The average molecular weight is 487 g/mol. The van der Waals surface area contributed by atoms with Crippen molar-refractivity contribution in [1.29, 1.82) is 0 Å². The molecule has 4 aromatic rings. The average Bonchev–Trinajstić information content (AvgIpc) is 3.51. The number of methoxy groups -OCH3 is 1. The number of anilines is 1. The van der Waals surface area contributed by atoms with Crippen LogP contribution < -0.4 is 9.64 Å². The molecule has 1 saturated heterocycles. The number of ketones is 1. The predicted molar refractivity (Wildman–Crippen MR) is 131 cm³/mol. The van der Waals surface area contributed by atoms with Crippen molar-refractivity contribution >= 4 is 34.7 Å². The zero-order valence-corrected chi connectivity index (χ0v) is 19.3. The number of hydrogen-bond acceptors (Lipinski definition) is 6. The van der Waals surface area contributed by atoms with E-state index in [1.165, 1.54) is 18.3 Å². The lowest BCUT2D eigenvalue weighted by atomic mass is 9.95. The number of rotatable bonds is 5. The summed E-state index contributed by atoms with van der Waals surface area (Å²) in [5.41, 5.74) is 2.87. The highest BCUT2D eigenvalue weighted by Crippen LogP contribution is 2.43. The Hall–Kier alpha value is -4.36. The number of aliphatic hydroxyl groups excluding tert-OH is 1. The van der Waals surface area contributed by atoms with E-state index in [4.69, 9.17) is 20.9 Å². The van der Waals surface area contributed by atoms with Crippen LogP contribution in [0.15, 0.2) is 95.2 Å². The van der Waals surface area contributed by atoms with E-state index in [1.807, 2.05) is 0 Å². The molecule has 1 amide bonds. The van der Waals surface area contributed by atoms with Crippen molar-refractivity contribution in [3.05, 3.63) is 107 Å². The molecule has 1 aliphatic rings. The van der Waals surface area contributed by atoms with Crippen LogP contribution in [-0.2, 0) is 9.59 Å². The summed E-state index contributed by atoms with van der Waals surface area (Å²) in [6.07, 6.45) is 1.47. The van der Waals surface area contributed by atoms with Crippen molar-refractivity contribution in [2.75, 3.05) is 12.0 Å². The minimum Gasteiger partial charge on any atom is -0.507 e. The molecular formula is C27H19ClN2O5. The molecule has 1 atom stereocenters. The third-order valence-corrected chi connectivity index (χ3v) is 6.09. The van der Waals surface area contributed by atoms with Crippen LogP contribution in [0.4, 0.5) is 5.69 Å². The van der Waals surface area contributed by atoms with Gasteiger partial charge in [-0.3, -0.25) is 14.5 Å². The minimum atomic E-state index is -0.881. The maximum atomic E-state index is 13.3. The zero-order valence-electron chi connectivity index (χ0n) is 18.5. The Balaban J connectivity index is 1.65. The monoisotopic (exact) mass is 486 g/mol. The molecule has 1 aliphatic heterocycles. The summed E-state index contributed by atoms with van der Waals surface area (Å²) < 4.78 is 10.1. The second-order valence-corrected chi connectivity index (χ2v) is 8.32. The van der Waals surface area contributed by atoms with Gasteiger partial charge in [-0.25, -0.2) is 0 Å². The lowest BCUT2D eigenvalue weighted by molar-refractivity contribution is -0.132. The van der Waals surface area contributed by atoms with E-state index in [1.54, 1.807) is 78.9 Å². The normalized spacial score (nSPS) is 17.1. The molecule has 0 radical (unpaired) electrons. The largest absolute Gasteiger partial charge is 0.507 e. The fraction of sp³-hybridized carbons (Fsp3) is 0.0741. The van der Waals surface area contributed by atoms with Crippen molar-refractivity contribution in [3.63, 3.8) is 0 Å². The Labute approximate surface area is 205 Å². The number of ether oxygens (including phenoxy) is 1. The standard InChI is InChI=1S/C27H19ClN2O5/c1-34-21-11-7-17(8-12-21)25(31)23-24(18-3-2-4-19(28)15-18)30(27(33)26(23)32)20-9-5-16(6-10-20)22-13-14-35-29-22/h2-15,24,31H,1H3. The van der Waals surface area contributed by atoms with Crippen LogP contribution >= 0.6 is 11.6 Å². The summed E-state index contributed by atoms with van der Waals surface area (Å²) >= 11 is 6.25. The van der Waals surface area contributed by atoms with Crippen LogP contribution in [0.3, 0.4) is 0 Å². The Morgan fingerprint density at radius 2 is 1.77 bits per heavy atom. The summed E-state index contributed by atoms with van der Waals surface area (Å²) in [7, 11) is 1.54. The number of halogens is 1. The first-order valence-corrected chi connectivity index (χ1v) is 11.1. The first-order valence-electron chi connectivity index (χ1n) is 10.7. The predicted octanol–water partition coefficient (Wildman–Crippen LogP) is 5.63. The van der Waals surface area contributed by atoms with Gasteiger partial charge in [-0.05, 0) is 54.1 Å². The summed E-state index contributed by atoms with van der Waals surface area (Å²) in [6, 6.07) is 21.3. The Morgan fingerprint density at radius 1 is 1.03 bits per heavy atom. The van der Waals surface area contributed by atoms with E-state index < -0.39 is 17.7 Å². The van der Waals surface area contributed by atoms with Crippen LogP contribution in [0.25, 0.3) is 17.0 Å². The number of amides is 1. The second-order valence-electron chi connectivity index (χ2n) is 7.88. The molecule has 1 aromatic heterocycles. The molecule has 0 aliphatic carbocycles. The van der Waals surface area contributed by atoms with Crippen LogP contribution in [0.5, 0.6) is 5.75 Å². The van der Waals surface area contributed by atoms with Crippen LogP contribution in [0, 0.1) is 0 Å². The van der Waals surface area contributed by atoms with Gasteiger partial charge in [0, 0.05) is 27.9 Å². The fourth-order valence-corrected chi connectivity index (χ4v) is 4.35. The van der Waals surface area contributed by atoms with Gasteiger partial charge in [0.2, 0.25) is 0 Å². The number of hydrogen-bond donors (Lipinski definition) is 1. The third kappa shape index (κ3) is 4.06. The van der Waals surface area contributed by atoms with Gasteiger partial charge < -0.3 is 14.4 Å². The molecule has 3 aromatic carbocycles. The summed E-state index contributed by atoms with van der Waals surface area (Å²) in [6.45, 7) is 0. The molecule has 1 unspecified atom stereocenters. The highest BCUT2D eigenvalue weighted by molar-refractivity contribution is 6.51. The van der Waals surface area contributed by atoms with Crippen LogP contribution in [0.1, 0.15) is 17.2 Å². The topological polar surface area (TPSA) is 92.9 Å². The van der Waals surface area contributed by atoms with Crippen molar-refractivity contribution in [3.8, 4) is 17.0 Å². The smallest absolute Gasteiger partial charge is 0.300 e. The van der Waals surface area contributed by atoms with Gasteiger partial charge in [-0.1, -0.05) is 41.0 Å². The maximum Gasteiger partial charge on any atom is 0.300 e. The molecule has 0 bridgehead atoms. The number of Topliss-reactive ketones (excluding diaryl/α,β-unsaturated/α-hetero) is 1. The fourth-order valence-electron chi connectivity index (χ4n) is 4.15. The SMILES string of the molecule is COc1ccc(C(O)=C2C(=O)C(=O)N(c3ccc(-c4ccon4)cc3)C2c2cccc(Cl)c2)cc1. The van der Waals surface area contributed by atoms with Gasteiger partial charge in [0.05, 0.1) is 18.7 Å². The van der Waals surface area contributed by atoms with Crippen LogP contribution in [-0.4, -0.2) is 29.1 Å². The molecule has 1 fully saturated rings. The molecule has 0 saturated carbocycles. The number of nitrogens with zero attached hydrogens (tertiary/aromatic N) is 2. The molecule has 174 valence electrons. The highest BCUT2D eigenvalue weighted by atomic mass is 35.5. The molecule has 7 nitrogen and oxygen atoms in total. The second kappa shape index (κ2) is 9.12.